The highest BCUT2D eigenvalue weighted by Gasteiger charge is 2.19. The van der Waals surface area contributed by atoms with Gasteiger partial charge >= 0.3 is 5.97 Å². The Bertz CT molecular complexity index is 1070. The highest BCUT2D eigenvalue weighted by Crippen LogP contribution is 2.23. The van der Waals surface area contributed by atoms with E-state index in [4.69, 9.17) is 4.74 Å². The molecule has 0 saturated heterocycles. The van der Waals surface area contributed by atoms with Crippen molar-refractivity contribution >= 4 is 34.2 Å². The number of carbonyl (C=O) groups is 3. The number of esters is 1. The first-order valence-electron chi connectivity index (χ1n) is 9.77. The van der Waals surface area contributed by atoms with Crippen LogP contribution in [0.25, 0.3) is 10.8 Å². The Labute approximate surface area is 175 Å². The van der Waals surface area contributed by atoms with E-state index < -0.39 is 18.0 Å². The summed E-state index contributed by atoms with van der Waals surface area (Å²) in [7, 11) is 0. The summed E-state index contributed by atoms with van der Waals surface area (Å²) < 4.78 is 5.21. The molecule has 2 amide bonds. The Hall–Kier alpha value is -3.67. The fourth-order valence-corrected chi connectivity index (χ4v) is 3.08. The number of fused-ring (bicyclic) bond motifs is 1. The molecule has 3 aromatic carbocycles. The number of ether oxygens (including phenoxy) is 1. The van der Waals surface area contributed by atoms with Gasteiger partial charge in [0.25, 0.3) is 11.8 Å². The van der Waals surface area contributed by atoms with Gasteiger partial charge in [-0.2, -0.15) is 0 Å². The summed E-state index contributed by atoms with van der Waals surface area (Å²) in [4.78, 5) is 36.7. The van der Waals surface area contributed by atoms with Gasteiger partial charge in [0.15, 0.2) is 6.10 Å². The van der Waals surface area contributed by atoms with Crippen LogP contribution in [-0.2, 0) is 14.3 Å². The van der Waals surface area contributed by atoms with Crippen molar-refractivity contribution in [3.63, 3.8) is 0 Å². The number of anilines is 1. The van der Waals surface area contributed by atoms with E-state index in [0.717, 1.165) is 16.3 Å². The molecule has 0 aliphatic carbocycles. The second-order valence-corrected chi connectivity index (χ2v) is 6.97. The minimum Gasteiger partial charge on any atom is -0.452 e. The van der Waals surface area contributed by atoms with E-state index >= 15 is 0 Å². The first-order chi connectivity index (χ1) is 14.5. The number of carbonyl (C=O) groups excluding carboxylic acids is 3. The summed E-state index contributed by atoms with van der Waals surface area (Å²) in [5.41, 5.74) is 2.08. The van der Waals surface area contributed by atoms with Crippen molar-refractivity contribution in [2.75, 3.05) is 11.9 Å². The summed E-state index contributed by atoms with van der Waals surface area (Å²) in [5, 5.41) is 7.41. The second-order valence-electron chi connectivity index (χ2n) is 6.97. The van der Waals surface area contributed by atoms with Crippen molar-refractivity contribution in [3.8, 4) is 0 Å². The lowest BCUT2D eigenvalue weighted by Gasteiger charge is -2.15. The topological polar surface area (TPSA) is 84.5 Å². The third kappa shape index (κ3) is 5.23. The highest BCUT2D eigenvalue weighted by molar-refractivity contribution is 6.03. The van der Waals surface area contributed by atoms with Crippen molar-refractivity contribution in [3.05, 3.63) is 77.9 Å². The molecule has 1 atom stereocenters. The number of aryl methyl sites for hydroxylation is 1. The molecule has 0 aliphatic rings. The average molecular weight is 404 g/mol. The first kappa shape index (κ1) is 21.0. The van der Waals surface area contributed by atoms with E-state index in [1.807, 2.05) is 55.5 Å². The van der Waals surface area contributed by atoms with Gasteiger partial charge in [0.1, 0.15) is 0 Å². The number of hydrogen-bond donors (Lipinski definition) is 2. The third-order valence-electron chi connectivity index (χ3n) is 4.73. The molecule has 0 fully saturated rings. The van der Waals surface area contributed by atoms with Crippen molar-refractivity contribution in [1.29, 1.82) is 0 Å². The van der Waals surface area contributed by atoms with E-state index in [-0.39, 0.29) is 18.9 Å². The van der Waals surface area contributed by atoms with E-state index in [9.17, 15) is 14.4 Å². The van der Waals surface area contributed by atoms with Crippen LogP contribution in [0, 0.1) is 6.92 Å². The number of benzene rings is 3. The van der Waals surface area contributed by atoms with Crippen LogP contribution in [0.3, 0.4) is 0 Å². The van der Waals surface area contributed by atoms with Crippen LogP contribution in [0.1, 0.15) is 29.3 Å². The molecular weight excluding hydrogens is 380 g/mol. The quantitative estimate of drug-likeness (QED) is 0.586. The van der Waals surface area contributed by atoms with Gasteiger partial charge in [-0.25, -0.2) is 0 Å². The largest absolute Gasteiger partial charge is 0.452 e. The van der Waals surface area contributed by atoms with Crippen molar-refractivity contribution in [2.45, 2.75) is 26.4 Å². The molecule has 2 N–H and O–H groups in total. The van der Waals surface area contributed by atoms with Gasteiger partial charge in [0.2, 0.25) is 0 Å². The predicted octanol–water partition coefficient (Wildman–Crippen LogP) is 3.84. The molecular formula is C24H24N2O4. The minimum absolute atomic E-state index is 0.0243. The molecule has 0 radical (unpaired) electrons. The van der Waals surface area contributed by atoms with Crippen LogP contribution in [0.15, 0.2) is 66.7 Å². The maximum Gasteiger partial charge on any atom is 0.308 e. The van der Waals surface area contributed by atoms with Gasteiger partial charge in [-0.15, -0.1) is 0 Å². The molecule has 30 heavy (non-hydrogen) atoms. The summed E-state index contributed by atoms with van der Waals surface area (Å²) >= 11 is 0. The Kier molecular flexibility index (Phi) is 6.80. The van der Waals surface area contributed by atoms with Crippen LogP contribution in [0.2, 0.25) is 0 Å². The van der Waals surface area contributed by atoms with E-state index in [1.54, 1.807) is 18.2 Å². The minimum atomic E-state index is -0.955. The molecule has 1 unspecified atom stereocenters. The fraction of sp³-hybridized carbons (Fsp3) is 0.208. The molecule has 154 valence electrons. The summed E-state index contributed by atoms with van der Waals surface area (Å²) in [6.45, 7) is 3.49. The maximum absolute atomic E-state index is 12.4. The Morgan fingerprint density at radius 2 is 1.63 bits per heavy atom. The summed E-state index contributed by atoms with van der Waals surface area (Å²) in [6.07, 6.45) is -0.979. The lowest BCUT2D eigenvalue weighted by molar-refractivity contribution is -0.153. The molecule has 0 aliphatic heterocycles. The van der Waals surface area contributed by atoms with Gasteiger partial charge in [-0.1, -0.05) is 54.6 Å². The zero-order chi connectivity index (χ0) is 21.5. The third-order valence-corrected chi connectivity index (χ3v) is 4.73. The van der Waals surface area contributed by atoms with Crippen LogP contribution < -0.4 is 10.6 Å². The van der Waals surface area contributed by atoms with E-state index in [0.29, 0.717) is 11.3 Å². The Balaban J connectivity index is 1.48. The van der Waals surface area contributed by atoms with Crippen LogP contribution in [0.5, 0.6) is 0 Å². The number of hydrogen-bond acceptors (Lipinski definition) is 4. The van der Waals surface area contributed by atoms with Crippen LogP contribution >= 0.6 is 0 Å². The molecule has 3 rings (SSSR count). The van der Waals surface area contributed by atoms with Crippen LogP contribution in [-0.4, -0.2) is 30.4 Å². The molecule has 3 aromatic rings. The van der Waals surface area contributed by atoms with E-state index in [1.165, 1.54) is 6.92 Å². The average Bonchev–Trinajstić information content (AvgIpc) is 2.74. The first-order valence-corrected chi connectivity index (χ1v) is 9.77. The van der Waals surface area contributed by atoms with Crippen molar-refractivity contribution in [1.82, 2.24) is 5.32 Å². The number of amides is 2. The van der Waals surface area contributed by atoms with E-state index in [2.05, 4.69) is 10.6 Å². The second kappa shape index (κ2) is 9.69. The molecule has 0 saturated carbocycles. The van der Waals surface area contributed by atoms with Gasteiger partial charge in [0.05, 0.1) is 6.42 Å². The van der Waals surface area contributed by atoms with Crippen molar-refractivity contribution in [2.24, 2.45) is 0 Å². The normalized spacial score (nSPS) is 11.5. The van der Waals surface area contributed by atoms with Gasteiger partial charge in [-0.05, 0) is 36.9 Å². The smallest absolute Gasteiger partial charge is 0.308 e. The number of nitrogens with one attached hydrogen (secondary N) is 2. The monoisotopic (exact) mass is 404 g/mol. The lowest BCUT2D eigenvalue weighted by Crippen LogP contribution is -2.32. The molecule has 6 nitrogen and oxygen atoms in total. The van der Waals surface area contributed by atoms with Gasteiger partial charge < -0.3 is 15.4 Å². The van der Waals surface area contributed by atoms with Gasteiger partial charge in [-0.3, -0.25) is 14.4 Å². The highest BCUT2D eigenvalue weighted by atomic mass is 16.5. The standard InChI is InChI=1S/C24H24N2O4/c1-16-8-3-5-11-19(16)24(29)25-15-14-22(27)30-17(2)23(28)26-21-13-7-10-18-9-4-6-12-20(18)21/h3-13,17H,14-15H2,1-2H3,(H,25,29)(H,26,28). The summed E-state index contributed by atoms with van der Waals surface area (Å²) in [6, 6.07) is 20.5. The molecule has 0 spiro atoms. The molecule has 0 aromatic heterocycles. The predicted molar refractivity (Wildman–Crippen MR) is 116 cm³/mol. The van der Waals surface area contributed by atoms with Gasteiger partial charge in [0, 0.05) is 23.2 Å². The zero-order valence-electron chi connectivity index (χ0n) is 17.0. The fourth-order valence-electron chi connectivity index (χ4n) is 3.08. The zero-order valence-corrected chi connectivity index (χ0v) is 17.0. The van der Waals surface area contributed by atoms with Crippen LogP contribution in [0.4, 0.5) is 5.69 Å². The molecule has 6 heteroatoms. The Morgan fingerprint density at radius 3 is 2.43 bits per heavy atom. The lowest BCUT2D eigenvalue weighted by atomic mass is 10.1. The Morgan fingerprint density at radius 1 is 0.933 bits per heavy atom. The number of rotatable bonds is 7. The summed E-state index contributed by atoms with van der Waals surface area (Å²) in [5.74, 6) is -1.22. The SMILES string of the molecule is Cc1ccccc1C(=O)NCCC(=O)OC(C)C(=O)Nc1cccc2ccccc12. The maximum atomic E-state index is 12.4. The molecule has 0 heterocycles. The molecule has 0 bridgehead atoms. The van der Waals surface area contributed by atoms with Crippen molar-refractivity contribution < 1.29 is 19.1 Å².